The molecule has 0 radical (unpaired) electrons. The third-order valence-corrected chi connectivity index (χ3v) is 14.4. The van der Waals surface area contributed by atoms with Crippen LogP contribution in [0.2, 0.25) is 0 Å². The van der Waals surface area contributed by atoms with Crippen molar-refractivity contribution in [1.29, 1.82) is 0 Å². The van der Waals surface area contributed by atoms with Gasteiger partial charge in [0, 0.05) is 17.8 Å². The topological polar surface area (TPSA) is 124 Å². The van der Waals surface area contributed by atoms with Gasteiger partial charge >= 0.3 is 5.97 Å². The highest BCUT2D eigenvalue weighted by Crippen LogP contribution is 2.68. The summed E-state index contributed by atoms with van der Waals surface area (Å²) in [5.74, 6) is -0.564. The number of allylic oxidation sites excluding steroid dienone is 3. The fourth-order valence-electron chi connectivity index (χ4n) is 11.0. The largest absolute Gasteiger partial charge is 0.462 e. The number of carbonyl (C=O) groups excluding carboxylic acids is 2. The van der Waals surface area contributed by atoms with E-state index in [0.717, 1.165) is 50.5 Å². The number of fused-ring (bicyclic) bond motifs is 5. The summed E-state index contributed by atoms with van der Waals surface area (Å²) in [5, 5.41) is 44.4. The van der Waals surface area contributed by atoms with Gasteiger partial charge in [-0.2, -0.15) is 0 Å². The summed E-state index contributed by atoms with van der Waals surface area (Å²) in [6, 6.07) is 0. The molecule has 0 aromatic heterocycles. The average molecular weight is 729 g/mol. The van der Waals surface area contributed by atoms with Crippen molar-refractivity contribution < 1.29 is 34.8 Å². The SMILES string of the molecule is CCCCCCCC/C=C\CCCCCCCC(=O)OC(CCC(C)(C)O)[C@@H](C)[C@H]1CC[C@@]2(O)C3=CC(=O)[C@@H]4C[C@@H](O)[C@@H](O)C[C@]4(C)[C@H]3CC[C@]12C. The lowest BCUT2D eigenvalue weighted by Crippen LogP contribution is -2.61. The van der Waals surface area contributed by atoms with E-state index in [1.807, 2.05) is 0 Å². The molecule has 52 heavy (non-hydrogen) atoms. The smallest absolute Gasteiger partial charge is 0.306 e. The normalized spacial score (nSPS) is 34.4. The summed E-state index contributed by atoms with van der Waals surface area (Å²) in [5.41, 5.74) is -2.24. The van der Waals surface area contributed by atoms with Gasteiger partial charge < -0.3 is 25.2 Å². The van der Waals surface area contributed by atoms with Crippen LogP contribution in [-0.2, 0) is 14.3 Å². The van der Waals surface area contributed by atoms with Crippen LogP contribution in [-0.4, -0.2) is 61.7 Å². The maximum atomic E-state index is 13.6. The Labute approximate surface area is 316 Å². The number of esters is 1. The number of aliphatic hydroxyl groups is 4. The van der Waals surface area contributed by atoms with E-state index >= 15 is 0 Å². The molecule has 0 bridgehead atoms. The Morgan fingerprint density at radius 3 is 2.17 bits per heavy atom. The highest BCUT2D eigenvalue weighted by molar-refractivity contribution is 5.95. The molecule has 10 atom stereocenters. The van der Waals surface area contributed by atoms with Crippen molar-refractivity contribution in [3.05, 3.63) is 23.8 Å². The van der Waals surface area contributed by atoms with Crippen molar-refractivity contribution >= 4 is 11.8 Å². The summed E-state index contributed by atoms with van der Waals surface area (Å²) in [6.45, 7) is 12.2. The number of rotatable bonds is 21. The molecular weight excluding hydrogens is 652 g/mol. The van der Waals surface area contributed by atoms with Gasteiger partial charge in [-0.05, 0) is 132 Å². The molecule has 0 aliphatic heterocycles. The van der Waals surface area contributed by atoms with Gasteiger partial charge in [-0.1, -0.05) is 91.2 Å². The van der Waals surface area contributed by atoms with Crippen molar-refractivity contribution in [2.75, 3.05) is 0 Å². The molecule has 0 amide bonds. The Kier molecular flexibility index (Phi) is 15.7. The molecule has 4 rings (SSSR count). The van der Waals surface area contributed by atoms with Crippen LogP contribution in [0.1, 0.15) is 183 Å². The first kappa shape index (κ1) is 43.2. The summed E-state index contributed by atoms with van der Waals surface area (Å²) in [6.07, 6.45) is 24.9. The molecule has 7 nitrogen and oxygen atoms in total. The molecule has 4 N–H and O–H groups in total. The van der Waals surface area contributed by atoms with Crippen molar-refractivity contribution in [2.24, 2.45) is 34.5 Å². The van der Waals surface area contributed by atoms with Crippen LogP contribution in [0.25, 0.3) is 0 Å². The molecule has 7 heteroatoms. The zero-order valence-corrected chi connectivity index (χ0v) is 33.8. The molecule has 0 heterocycles. The van der Waals surface area contributed by atoms with Crippen molar-refractivity contribution in [1.82, 2.24) is 0 Å². The molecule has 4 aliphatic rings. The van der Waals surface area contributed by atoms with Crippen LogP contribution >= 0.6 is 0 Å². The van der Waals surface area contributed by atoms with E-state index in [4.69, 9.17) is 4.74 Å². The van der Waals surface area contributed by atoms with Gasteiger partial charge in [0.25, 0.3) is 0 Å². The third-order valence-electron chi connectivity index (χ3n) is 14.4. The van der Waals surface area contributed by atoms with Gasteiger partial charge in [-0.3, -0.25) is 9.59 Å². The summed E-state index contributed by atoms with van der Waals surface area (Å²) in [7, 11) is 0. The minimum Gasteiger partial charge on any atom is -0.462 e. The zero-order valence-electron chi connectivity index (χ0n) is 33.8. The number of aliphatic hydroxyl groups excluding tert-OH is 2. The van der Waals surface area contributed by atoms with Gasteiger partial charge in [0.2, 0.25) is 0 Å². The number of hydrogen-bond donors (Lipinski definition) is 4. The fourth-order valence-corrected chi connectivity index (χ4v) is 11.0. The molecule has 0 spiro atoms. The number of hydrogen-bond acceptors (Lipinski definition) is 7. The molecule has 3 saturated carbocycles. The van der Waals surface area contributed by atoms with E-state index in [9.17, 15) is 30.0 Å². The average Bonchev–Trinajstić information content (AvgIpc) is 3.36. The minimum absolute atomic E-state index is 0.0281. The van der Waals surface area contributed by atoms with Crippen LogP contribution in [0.5, 0.6) is 0 Å². The second kappa shape index (κ2) is 18.9. The Bertz CT molecular complexity index is 1220. The number of carbonyl (C=O) groups is 2. The van der Waals surface area contributed by atoms with Gasteiger partial charge in [0.15, 0.2) is 5.78 Å². The fraction of sp³-hybridized carbons (Fsp3) is 0.867. The molecule has 1 unspecified atom stereocenters. The summed E-state index contributed by atoms with van der Waals surface area (Å²) < 4.78 is 6.27. The second-order valence-electron chi connectivity index (χ2n) is 18.7. The van der Waals surface area contributed by atoms with E-state index in [-0.39, 0.29) is 47.9 Å². The Hall–Kier alpha value is -1.54. The van der Waals surface area contributed by atoms with Gasteiger partial charge in [0.1, 0.15) is 6.10 Å². The molecule has 0 aromatic rings. The maximum absolute atomic E-state index is 13.6. The number of unbranched alkanes of at least 4 members (excludes halogenated alkanes) is 11. The standard InChI is InChI=1S/C45H76O7/c1-7-8-9-10-11-12-13-14-15-16-17-18-19-20-21-22-41(49)52-40(25-26-42(3,4)50)32(2)33-24-28-45(51)35-29-37(46)36-30-38(47)39(48)31-43(36,5)34(35)23-27-44(33,45)6/h14-15,29,32-34,36,38-40,47-48,50-51H,7-13,16-28,30-31H2,1-6H3/b15-14-/t32-,33+,34-,36-,38+,39-,40?,43+,44+,45+/m0/s1. The Morgan fingerprint density at radius 2 is 1.54 bits per heavy atom. The summed E-state index contributed by atoms with van der Waals surface area (Å²) in [4.78, 5) is 26.9. The lowest BCUT2D eigenvalue weighted by Gasteiger charge is -2.60. The minimum atomic E-state index is -1.16. The van der Waals surface area contributed by atoms with Crippen molar-refractivity contribution in [3.8, 4) is 0 Å². The van der Waals surface area contributed by atoms with Crippen LogP contribution in [0.15, 0.2) is 23.8 Å². The van der Waals surface area contributed by atoms with E-state index in [1.54, 1.807) is 19.9 Å². The second-order valence-corrected chi connectivity index (χ2v) is 18.7. The van der Waals surface area contributed by atoms with Crippen LogP contribution < -0.4 is 0 Å². The predicted octanol–water partition coefficient (Wildman–Crippen LogP) is 9.33. The Balaban J connectivity index is 1.30. The van der Waals surface area contributed by atoms with Crippen LogP contribution in [0.4, 0.5) is 0 Å². The maximum Gasteiger partial charge on any atom is 0.306 e. The first-order chi connectivity index (χ1) is 24.6. The molecule has 3 fully saturated rings. The highest BCUT2D eigenvalue weighted by Gasteiger charge is 2.67. The monoisotopic (exact) mass is 729 g/mol. The number of ether oxygens (including phenoxy) is 1. The quantitative estimate of drug-likeness (QED) is 0.0528. The first-order valence-corrected chi connectivity index (χ1v) is 21.5. The van der Waals surface area contributed by atoms with Gasteiger partial charge in [0.05, 0.1) is 23.4 Å². The third kappa shape index (κ3) is 10.2. The van der Waals surface area contributed by atoms with Crippen molar-refractivity contribution in [2.45, 2.75) is 212 Å². The van der Waals surface area contributed by atoms with E-state index in [1.165, 1.54) is 57.8 Å². The van der Waals surface area contributed by atoms with Gasteiger partial charge in [-0.25, -0.2) is 0 Å². The zero-order chi connectivity index (χ0) is 38.2. The Morgan fingerprint density at radius 1 is 0.923 bits per heavy atom. The van der Waals surface area contributed by atoms with E-state index in [0.29, 0.717) is 32.1 Å². The summed E-state index contributed by atoms with van der Waals surface area (Å²) >= 11 is 0. The molecule has 0 aromatic carbocycles. The molecule has 4 aliphatic carbocycles. The van der Waals surface area contributed by atoms with E-state index in [2.05, 4.69) is 39.8 Å². The number of ketones is 1. The molecule has 298 valence electrons. The highest BCUT2D eigenvalue weighted by atomic mass is 16.5. The lowest BCUT2D eigenvalue weighted by molar-refractivity contribution is -0.162. The van der Waals surface area contributed by atoms with Gasteiger partial charge in [-0.15, -0.1) is 0 Å². The molecular formula is C45H76O7. The van der Waals surface area contributed by atoms with Crippen molar-refractivity contribution in [3.63, 3.8) is 0 Å². The molecule has 0 saturated heterocycles. The van der Waals surface area contributed by atoms with Crippen LogP contribution in [0, 0.1) is 34.5 Å². The van der Waals surface area contributed by atoms with E-state index < -0.39 is 34.2 Å². The lowest BCUT2D eigenvalue weighted by atomic mass is 9.46. The first-order valence-electron chi connectivity index (χ1n) is 21.5. The predicted molar refractivity (Wildman–Crippen MR) is 208 cm³/mol. The van der Waals surface area contributed by atoms with Crippen LogP contribution in [0.3, 0.4) is 0 Å².